The summed E-state index contributed by atoms with van der Waals surface area (Å²) in [6.07, 6.45) is 0.550. The Morgan fingerprint density at radius 2 is 2.06 bits per heavy atom. The molecule has 0 aliphatic heterocycles. The Morgan fingerprint density at radius 3 is 2.56 bits per heavy atom. The number of halogens is 1. The van der Waals surface area contributed by atoms with E-state index in [4.69, 9.17) is 0 Å². The van der Waals surface area contributed by atoms with Crippen molar-refractivity contribution in [2.75, 3.05) is 0 Å². The van der Waals surface area contributed by atoms with Crippen molar-refractivity contribution >= 4 is 21.6 Å². The van der Waals surface area contributed by atoms with Crippen LogP contribution in [-0.4, -0.2) is 16.1 Å². The van der Waals surface area contributed by atoms with Crippen LogP contribution >= 0.6 is 15.9 Å². The zero-order valence-electron chi connectivity index (χ0n) is 10.8. The normalized spacial score (nSPS) is 13.4. The third-order valence-electron chi connectivity index (χ3n) is 2.93. The molecule has 0 spiro atoms. The molecule has 0 aromatic heterocycles. The lowest BCUT2D eigenvalue weighted by molar-refractivity contribution is -0.385. The highest BCUT2D eigenvalue weighted by atomic mass is 79.9. The SMILES string of the molecule is CC(C)(C)C(O)CCc1ccc(Br)cc1[N+](=O)[O-]. The van der Waals surface area contributed by atoms with E-state index in [0.29, 0.717) is 22.9 Å². The van der Waals surface area contributed by atoms with Crippen molar-refractivity contribution in [2.45, 2.75) is 39.7 Å². The highest BCUT2D eigenvalue weighted by molar-refractivity contribution is 9.10. The van der Waals surface area contributed by atoms with Crippen molar-refractivity contribution in [3.8, 4) is 0 Å². The summed E-state index contributed by atoms with van der Waals surface area (Å²) in [5.74, 6) is 0. The van der Waals surface area contributed by atoms with Crippen molar-refractivity contribution in [3.63, 3.8) is 0 Å². The Labute approximate surface area is 115 Å². The van der Waals surface area contributed by atoms with E-state index in [1.165, 1.54) is 6.07 Å². The maximum Gasteiger partial charge on any atom is 0.273 e. The van der Waals surface area contributed by atoms with Crippen LogP contribution in [-0.2, 0) is 6.42 Å². The Kier molecular flexibility index (Phi) is 4.87. The average molecular weight is 316 g/mol. The first-order valence-electron chi connectivity index (χ1n) is 5.82. The lowest BCUT2D eigenvalue weighted by atomic mass is 9.85. The number of hydrogen-bond acceptors (Lipinski definition) is 3. The molecule has 1 N–H and O–H groups in total. The number of hydrogen-bond donors (Lipinski definition) is 1. The minimum Gasteiger partial charge on any atom is -0.393 e. The lowest BCUT2D eigenvalue weighted by Gasteiger charge is -2.25. The molecule has 1 rings (SSSR count). The molecule has 1 aromatic rings. The summed E-state index contributed by atoms with van der Waals surface area (Å²) >= 11 is 3.22. The van der Waals surface area contributed by atoms with Crippen molar-refractivity contribution in [1.82, 2.24) is 0 Å². The summed E-state index contributed by atoms with van der Waals surface area (Å²) in [5.41, 5.74) is 0.557. The molecular formula is C13H18BrNO3. The predicted molar refractivity (Wildman–Crippen MR) is 74.6 cm³/mol. The molecule has 0 aliphatic carbocycles. The van der Waals surface area contributed by atoms with Gasteiger partial charge in [0, 0.05) is 16.1 Å². The Morgan fingerprint density at radius 1 is 1.44 bits per heavy atom. The highest BCUT2D eigenvalue weighted by Gasteiger charge is 2.23. The molecule has 4 nitrogen and oxygen atoms in total. The van der Waals surface area contributed by atoms with Gasteiger partial charge in [-0.25, -0.2) is 0 Å². The molecule has 0 fully saturated rings. The summed E-state index contributed by atoms with van der Waals surface area (Å²) in [6, 6.07) is 5.02. The van der Waals surface area contributed by atoms with Gasteiger partial charge in [0.1, 0.15) is 0 Å². The van der Waals surface area contributed by atoms with Crippen LogP contribution in [0.2, 0.25) is 0 Å². The van der Waals surface area contributed by atoms with Crippen molar-refractivity contribution in [2.24, 2.45) is 5.41 Å². The summed E-state index contributed by atoms with van der Waals surface area (Å²) in [7, 11) is 0. The van der Waals surface area contributed by atoms with Gasteiger partial charge in [0.25, 0.3) is 5.69 Å². The van der Waals surface area contributed by atoms with Crippen LogP contribution < -0.4 is 0 Å². The Bertz CT molecular complexity index is 440. The molecule has 0 aliphatic rings. The molecule has 0 bridgehead atoms. The molecule has 18 heavy (non-hydrogen) atoms. The summed E-state index contributed by atoms with van der Waals surface area (Å²) in [5, 5.41) is 20.9. The molecular weight excluding hydrogens is 298 g/mol. The number of nitro benzene ring substituents is 1. The van der Waals surface area contributed by atoms with Crippen LogP contribution in [0.5, 0.6) is 0 Å². The van der Waals surface area contributed by atoms with Gasteiger partial charge in [0.2, 0.25) is 0 Å². The predicted octanol–water partition coefficient (Wildman–Crippen LogP) is 3.70. The van der Waals surface area contributed by atoms with Crippen molar-refractivity contribution in [3.05, 3.63) is 38.3 Å². The van der Waals surface area contributed by atoms with Gasteiger partial charge >= 0.3 is 0 Å². The van der Waals surface area contributed by atoms with Crippen LogP contribution in [0, 0.1) is 15.5 Å². The first-order valence-corrected chi connectivity index (χ1v) is 6.62. The minimum atomic E-state index is -0.472. The summed E-state index contributed by atoms with van der Waals surface area (Å²) in [6.45, 7) is 5.86. The van der Waals surface area contributed by atoms with Gasteiger partial charge in [-0.05, 0) is 24.3 Å². The lowest BCUT2D eigenvalue weighted by Crippen LogP contribution is -2.26. The molecule has 100 valence electrons. The second-order valence-corrected chi connectivity index (χ2v) is 6.37. The van der Waals surface area contributed by atoms with E-state index in [1.807, 2.05) is 20.8 Å². The summed E-state index contributed by atoms with van der Waals surface area (Å²) in [4.78, 5) is 10.6. The highest BCUT2D eigenvalue weighted by Crippen LogP contribution is 2.27. The average Bonchev–Trinajstić information content (AvgIpc) is 2.25. The van der Waals surface area contributed by atoms with E-state index < -0.39 is 6.10 Å². The monoisotopic (exact) mass is 315 g/mol. The molecule has 0 heterocycles. The van der Waals surface area contributed by atoms with E-state index >= 15 is 0 Å². The van der Waals surface area contributed by atoms with Gasteiger partial charge in [0.15, 0.2) is 0 Å². The van der Waals surface area contributed by atoms with Gasteiger partial charge in [-0.2, -0.15) is 0 Å². The maximum atomic E-state index is 10.9. The second-order valence-electron chi connectivity index (χ2n) is 5.45. The standard InChI is InChI=1S/C13H18BrNO3/c1-13(2,3)12(16)7-5-9-4-6-10(14)8-11(9)15(17)18/h4,6,8,12,16H,5,7H2,1-3H3. The van der Waals surface area contributed by atoms with Gasteiger partial charge in [-0.15, -0.1) is 0 Å². The maximum absolute atomic E-state index is 10.9. The van der Waals surface area contributed by atoms with Crippen LogP contribution in [0.3, 0.4) is 0 Å². The third kappa shape index (κ3) is 4.07. The summed E-state index contributed by atoms with van der Waals surface area (Å²) < 4.78 is 0.689. The number of nitro groups is 1. The number of aliphatic hydroxyl groups excluding tert-OH is 1. The van der Waals surface area contributed by atoms with E-state index in [0.717, 1.165) is 0 Å². The van der Waals surface area contributed by atoms with Gasteiger partial charge in [0.05, 0.1) is 11.0 Å². The quantitative estimate of drug-likeness (QED) is 0.680. The van der Waals surface area contributed by atoms with E-state index in [1.54, 1.807) is 12.1 Å². The van der Waals surface area contributed by atoms with Crippen molar-refractivity contribution in [1.29, 1.82) is 0 Å². The molecule has 0 amide bonds. The number of aryl methyl sites for hydroxylation is 1. The Hall–Kier alpha value is -0.940. The number of benzene rings is 1. The minimum absolute atomic E-state index is 0.102. The molecule has 0 saturated carbocycles. The van der Waals surface area contributed by atoms with Gasteiger partial charge < -0.3 is 5.11 Å². The van der Waals surface area contributed by atoms with Gasteiger partial charge in [-0.1, -0.05) is 42.8 Å². The molecule has 1 aromatic carbocycles. The topological polar surface area (TPSA) is 63.4 Å². The van der Waals surface area contributed by atoms with Crippen LogP contribution in [0.1, 0.15) is 32.8 Å². The largest absolute Gasteiger partial charge is 0.393 e. The molecule has 5 heteroatoms. The number of aliphatic hydroxyl groups is 1. The van der Waals surface area contributed by atoms with Gasteiger partial charge in [-0.3, -0.25) is 10.1 Å². The number of rotatable bonds is 4. The molecule has 0 radical (unpaired) electrons. The van der Waals surface area contributed by atoms with E-state index in [-0.39, 0.29) is 16.0 Å². The zero-order valence-corrected chi connectivity index (χ0v) is 12.4. The van der Waals surface area contributed by atoms with E-state index in [2.05, 4.69) is 15.9 Å². The van der Waals surface area contributed by atoms with E-state index in [9.17, 15) is 15.2 Å². The zero-order chi connectivity index (χ0) is 13.9. The fourth-order valence-electron chi connectivity index (χ4n) is 1.64. The fourth-order valence-corrected chi connectivity index (χ4v) is 1.99. The number of nitrogens with zero attached hydrogens (tertiary/aromatic N) is 1. The molecule has 1 unspecified atom stereocenters. The van der Waals surface area contributed by atoms with Crippen LogP contribution in [0.4, 0.5) is 5.69 Å². The first-order chi connectivity index (χ1) is 8.21. The second kappa shape index (κ2) is 5.80. The fraction of sp³-hybridized carbons (Fsp3) is 0.538. The van der Waals surface area contributed by atoms with Crippen LogP contribution in [0.15, 0.2) is 22.7 Å². The molecule has 1 atom stereocenters. The third-order valence-corrected chi connectivity index (χ3v) is 3.42. The molecule has 0 saturated heterocycles. The first kappa shape index (κ1) is 15.1. The van der Waals surface area contributed by atoms with Crippen molar-refractivity contribution < 1.29 is 10.0 Å². The smallest absolute Gasteiger partial charge is 0.273 e. The Balaban J connectivity index is 2.82. The van der Waals surface area contributed by atoms with Crippen LogP contribution in [0.25, 0.3) is 0 Å².